The number of fused-ring (bicyclic) bond motifs is 1. The second kappa shape index (κ2) is 4.92. The predicted octanol–water partition coefficient (Wildman–Crippen LogP) is 3.07. The minimum Gasteiger partial charge on any atom is -0.242 e. The molecule has 0 unspecified atom stereocenters. The second-order valence-corrected chi connectivity index (χ2v) is 6.60. The molecule has 102 valence electrons. The van der Waals surface area contributed by atoms with E-state index in [4.69, 9.17) is 11.6 Å². The molecule has 0 fully saturated rings. The summed E-state index contributed by atoms with van der Waals surface area (Å²) in [6, 6.07) is 12.5. The van der Waals surface area contributed by atoms with E-state index in [-0.39, 0.29) is 10.9 Å². The molecule has 0 radical (unpaired) electrons. The number of aromatic nitrogens is 2. The second-order valence-electron chi connectivity index (χ2n) is 4.39. The minimum atomic E-state index is -3.53. The smallest absolute Gasteiger partial charge is 0.242 e. The van der Waals surface area contributed by atoms with Crippen molar-refractivity contribution in [3.63, 3.8) is 0 Å². The molecule has 0 atom stereocenters. The predicted molar refractivity (Wildman–Crippen MR) is 79.2 cm³/mol. The van der Waals surface area contributed by atoms with Gasteiger partial charge in [-0.1, -0.05) is 41.9 Å². The zero-order valence-corrected chi connectivity index (χ0v) is 12.0. The Balaban J connectivity index is 2.10. The van der Waals surface area contributed by atoms with Gasteiger partial charge in [0, 0.05) is 17.8 Å². The highest BCUT2D eigenvalue weighted by Crippen LogP contribution is 2.24. The largest absolute Gasteiger partial charge is 0.243 e. The molecular weight excluding hydrogens is 296 g/mol. The van der Waals surface area contributed by atoms with Crippen LogP contribution < -0.4 is 0 Å². The summed E-state index contributed by atoms with van der Waals surface area (Å²) < 4.78 is 26.2. The Hall–Kier alpha value is -1.85. The summed E-state index contributed by atoms with van der Waals surface area (Å²) in [7, 11) is -3.53. The van der Waals surface area contributed by atoms with Crippen molar-refractivity contribution in [2.45, 2.75) is 5.75 Å². The van der Waals surface area contributed by atoms with Crippen LogP contribution in [0, 0.1) is 0 Å². The molecule has 3 aromatic rings. The Bertz CT molecular complexity index is 857. The van der Waals surface area contributed by atoms with Gasteiger partial charge < -0.3 is 0 Å². The molecule has 2 aromatic heterocycles. The molecule has 0 N–H and O–H groups in total. The average molecular weight is 307 g/mol. The van der Waals surface area contributed by atoms with E-state index in [1.807, 2.05) is 18.2 Å². The fraction of sp³-hybridized carbons (Fsp3) is 0.0714. The molecule has 0 saturated heterocycles. The van der Waals surface area contributed by atoms with E-state index >= 15 is 0 Å². The maximum atomic E-state index is 12.5. The van der Waals surface area contributed by atoms with Crippen molar-refractivity contribution in [1.82, 2.24) is 8.96 Å². The van der Waals surface area contributed by atoms with Crippen LogP contribution in [-0.2, 0) is 15.8 Å². The van der Waals surface area contributed by atoms with Gasteiger partial charge in [-0.25, -0.2) is 17.4 Å². The lowest BCUT2D eigenvalue weighted by molar-refractivity contribution is 0.588. The standard InChI is InChI=1S/C14H11ClN2O2S/c15-14-13-12(6-8-16-14)7-9-17(13)20(18,19)10-11-4-2-1-3-5-11/h1-9H,10H2. The first-order chi connectivity index (χ1) is 9.58. The van der Waals surface area contributed by atoms with Gasteiger partial charge in [0.25, 0.3) is 0 Å². The summed E-state index contributed by atoms with van der Waals surface area (Å²) in [4.78, 5) is 3.94. The molecule has 2 heterocycles. The molecular formula is C14H11ClN2O2S. The highest BCUT2D eigenvalue weighted by Gasteiger charge is 2.18. The van der Waals surface area contributed by atoms with E-state index in [1.165, 1.54) is 10.2 Å². The first kappa shape index (κ1) is 13.1. The van der Waals surface area contributed by atoms with Crippen LogP contribution in [0.1, 0.15) is 5.56 Å². The third-order valence-corrected chi connectivity index (χ3v) is 4.89. The summed E-state index contributed by atoms with van der Waals surface area (Å²) >= 11 is 6.02. The van der Waals surface area contributed by atoms with E-state index in [2.05, 4.69) is 4.98 Å². The van der Waals surface area contributed by atoms with Crippen LogP contribution in [0.5, 0.6) is 0 Å². The molecule has 0 aliphatic carbocycles. The summed E-state index contributed by atoms with van der Waals surface area (Å²) in [5.41, 5.74) is 1.15. The molecule has 0 bridgehead atoms. The van der Waals surface area contributed by atoms with Gasteiger partial charge in [-0.15, -0.1) is 0 Å². The number of benzene rings is 1. The minimum absolute atomic E-state index is 0.0805. The number of hydrogen-bond acceptors (Lipinski definition) is 3. The summed E-state index contributed by atoms with van der Waals surface area (Å²) in [5, 5.41) is 0.936. The first-order valence-corrected chi connectivity index (χ1v) is 7.95. The maximum Gasteiger partial charge on any atom is 0.243 e. The third kappa shape index (κ3) is 2.30. The van der Waals surface area contributed by atoms with Gasteiger partial charge in [0.15, 0.2) is 5.15 Å². The van der Waals surface area contributed by atoms with Crippen molar-refractivity contribution < 1.29 is 8.42 Å². The summed E-state index contributed by atoms with van der Waals surface area (Å²) in [5.74, 6) is -0.0805. The van der Waals surface area contributed by atoms with E-state index in [1.54, 1.807) is 30.5 Å². The molecule has 4 nitrogen and oxygen atoms in total. The average Bonchev–Trinajstić information content (AvgIpc) is 2.85. The van der Waals surface area contributed by atoms with Crippen LogP contribution in [0.3, 0.4) is 0 Å². The van der Waals surface area contributed by atoms with Crippen molar-refractivity contribution >= 4 is 32.5 Å². The van der Waals surface area contributed by atoms with Crippen molar-refractivity contribution in [2.75, 3.05) is 0 Å². The highest BCUT2D eigenvalue weighted by atomic mass is 35.5. The number of halogens is 1. The van der Waals surface area contributed by atoms with Crippen molar-refractivity contribution in [3.05, 3.63) is 65.6 Å². The number of hydrogen-bond donors (Lipinski definition) is 0. The van der Waals surface area contributed by atoms with Crippen LogP contribution in [0.15, 0.2) is 54.9 Å². The lowest BCUT2D eigenvalue weighted by Gasteiger charge is -2.08. The van der Waals surface area contributed by atoms with Crippen molar-refractivity contribution in [1.29, 1.82) is 0 Å². The summed E-state index contributed by atoms with van der Waals surface area (Å²) in [6.45, 7) is 0. The van der Waals surface area contributed by atoms with Gasteiger partial charge in [-0.05, 0) is 17.7 Å². The van der Waals surface area contributed by atoms with Gasteiger partial charge in [-0.3, -0.25) is 0 Å². The normalized spacial score (nSPS) is 11.8. The molecule has 3 rings (SSSR count). The van der Waals surface area contributed by atoms with Crippen LogP contribution in [0.2, 0.25) is 5.15 Å². The van der Waals surface area contributed by atoms with Crippen molar-refractivity contribution in [2.24, 2.45) is 0 Å². The van der Waals surface area contributed by atoms with E-state index in [0.717, 1.165) is 10.9 Å². The fourth-order valence-corrected chi connectivity index (χ4v) is 3.88. The number of rotatable bonds is 3. The van der Waals surface area contributed by atoms with Crippen LogP contribution >= 0.6 is 11.6 Å². The van der Waals surface area contributed by atoms with Crippen LogP contribution in [0.25, 0.3) is 10.9 Å². The van der Waals surface area contributed by atoms with Crippen molar-refractivity contribution in [3.8, 4) is 0 Å². The molecule has 20 heavy (non-hydrogen) atoms. The van der Waals surface area contributed by atoms with E-state index in [9.17, 15) is 8.42 Å². The van der Waals surface area contributed by atoms with Gasteiger partial charge in [0.2, 0.25) is 10.0 Å². The molecule has 1 aromatic carbocycles. The SMILES string of the molecule is O=S(=O)(Cc1ccccc1)n1ccc2ccnc(Cl)c21. The van der Waals surface area contributed by atoms with Crippen LogP contribution in [-0.4, -0.2) is 17.4 Å². The monoisotopic (exact) mass is 306 g/mol. The fourth-order valence-electron chi connectivity index (χ4n) is 2.10. The highest BCUT2D eigenvalue weighted by molar-refractivity contribution is 7.89. The Morgan fingerprint density at radius 3 is 2.60 bits per heavy atom. The van der Waals surface area contributed by atoms with Gasteiger partial charge >= 0.3 is 0 Å². The van der Waals surface area contributed by atoms with Gasteiger partial charge in [0.05, 0.1) is 5.75 Å². The quantitative estimate of drug-likeness (QED) is 0.699. The molecule has 0 saturated carbocycles. The zero-order valence-electron chi connectivity index (χ0n) is 10.4. The lowest BCUT2D eigenvalue weighted by atomic mass is 10.2. The van der Waals surface area contributed by atoms with Crippen LogP contribution in [0.4, 0.5) is 0 Å². The zero-order chi connectivity index (χ0) is 14.2. The number of pyridine rings is 1. The van der Waals surface area contributed by atoms with E-state index < -0.39 is 10.0 Å². The lowest BCUT2D eigenvalue weighted by Crippen LogP contribution is -2.14. The summed E-state index contributed by atoms with van der Waals surface area (Å²) in [6.07, 6.45) is 3.06. The maximum absolute atomic E-state index is 12.5. The van der Waals surface area contributed by atoms with E-state index in [0.29, 0.717) is 5.52 Å². The Labute approximate surface area is 121 Å². The molecule has 0 aliphatic rings. The van der Waals surface area contributed by atoms with Gasteiger partial charge in [0.1, 0.15) is 5.52 Å². The first-order valence-electron chi connectivity index (χ1n) is 5.97. The Morgan fingerprint density at radius 1 is 1.10 bits per heavy atom. The molecule has 6 heteroatoms. The molecule has 0 spiro atoms. The Morgan fingerprint density at radius 2 is 1.85 bits per heavy atom. The van der Waals surface area contributed by atoms with Gasteiger partial charge in [-0.2, -0.15) is 0 Å². The molecule has 0 aliphatic heterocycles. The topological polar surface area (TPSA) is 52.0 Å². The molecule has 0 amide bonds. The third-order valence-electron chi connectivity index (χ3n) is 3.01. The Kier molecular flexibility index (Phi) is 3.23. The number of nitrogens with zero attached hydrogens (tertiary/aromatic N) is 2.